The second-order valence-corrected chi connectivity index (χ2v) is 1.57. The highest BCUT2D eigenvalue weighted by Crippen LogP contribution is 2.14. The highest BCUT2D eigenvalue weighted by Gasteiger charge is 1.97. The Hall–Kier alpha value is -1.25. The number of rotatable bonds is 1. The topological polar surface area (TPSA) is 45.7 Å². The van der Waals surface area contributed by atoms with Gasteiger partial charge in [-0.25, -0.2) is 0 Å². The van der Waals surface area contributed by atoms with E-state index >= 15 is 0 Å². The van der Waals surface area contributed by atoms with Crippen molar-refractivity contribution in [2.24, 2.45) is 4.99 Å². The molecule has 0 aliphatic rings. The summed E-state index contributed by atoms with van der Waals surface area (Å²) in [6.45, 7) is 0. The van der Waals surface area contributed by atoms with Crippen LogP contribution in [0, 0.1) is 0 Å². The van der Waals surface area contributed by atoms with Crippen molar-refractivity contribution in [1.82, 2.24) is 0 Å². The molecule has 0 saturated carbocycles. The fraction of sp³-hybridized carbons (Fsp3) is 0.167. The summed E-state index contributed by atoms with van der Waals surface area (Å²) in [4.78, 5) is 3.69. The van der Waals surface area contributed by atoms with Crippen LogP contribution in [0.2, 0.25) is 0 Å². The number of hydrogen-bond acceptors (Lipinski definition) is 3. The van der Waals surface area contributed by atoms with Crippen LogP contribution >= 0.6 is 0 Å². The van der Waals surface area contributed by atoms with Crippen molar-refractivity contribution in [3.63, 3.8) is 0 Å². The molecule has 3 nitrogen and oxygen atoms in total. The van der Waals surface area contributed by atoms with Crippen LogP contribution in [-0.2, 0) is 0 Å². The fourth-order valence-corrected chi connectivity index (χ4v) is 0.548. The first kappa shape index (κ1) is 5.88. The summed E-state index contributed by atoms with van der Waals surface area (Å²) in [6, 6.07) is 1.64. The summed E-state index contributed by atoms with van der Waals surface area (Å²) < 4.78 is 4.58. The Morgan fingerprint density at radius 3 is 3.00 bits per heavy atom. The molecule has 0 atom stereocenters. The maximum Gasteiger partial charge on any atom is 0.290 e. The van der Waals surface area contributed by atoms with Crippen LogP contribution in [0.15, 0.2) is 21.7 Å². The van der Waals surface area contributed by atoms with Crippen LogP contribution < -0.4 is 0 Å². The highest BCUT2D eigenvalue weighted by atomic mass is 16.5. The van der Waals surface area contributed by atoms with Gasteiger partial charge in [0.15, 0.2) is 0 Å². The average Bonchev–Trinajstić information content (AvgIpc) is 2.18. The molecular weight excluding hydrogens is 118 g/mol. The molecule has 9 heavy (non-hydrogen) atoms. The zero-order valence-corrected chi connectivity index (χ0v) is 5.03. The lowest BCUT2D eigenvalue weighted by atomic mass is 10.4. The summed E-state index contributed by atoms with van der Waals surface area (Å²) in [5.74, 6) is -0.0828. The number of hydrogen-bond donors (Lipinski definition) is 1. The average molecular weight is 125 g/mol. The molecule has 1 N–H and O–H groups in total. The normalized spacial score (nSPS) is 10.8. The fourth-order valence-electron chi connectivity index (χ4n) is 0.548. The molecule has 0 amide bonds. The van der Waals surface area contributed by atoms with Crippen molar-refractivity contribution in [3.8, 4) is 5.95 Å². The third-order valence-electron chi connectivity index (χ3n) is 0.942. The standard InChI is InChI=1S/C6H7NO2/c1-7-4-5-2-3-9-6(5)8/h2-4,8H,1H3. The van der Waals surface area contributed by atoms with Gasteiger partial charge in [-0.05, 0) is 6.07 Å². The molecule has 1 rings (SSSR count). The number of aliphatic imine (C=N–C) groups is 1. The number of aromatic hydroxyl groups is 1. The van der Waals surface area contributed by atoms with Crippen LogP contribution in [0.3, 0.4) is 0 Å². The van der Waals surface area contributed by atoms with Gasteiger partial charge in [-0.3, -0.25) is 4.99 Å². The van der Waals surface area contributed by atoms with Crippen molar-refractivity contribution < 1.29 is 9.52 Å². The summed E-state index contributed by atoms with van der Waals surface area (Å²) in [5.41, 5.74) is 0.609. The largest absolute Gasteiger partial charge is 0.480 e. The summed E-state index contributed by atoms with van der Waals surface area (Å²) >= 11 is 0. The van der Waals surface area contributed by atoms with Crippen LogP contribution in [0.25, 0.3) is 0 Å². The SMILES string of the molecule is CN=Cc1ccoc1O. The Bertz CT molecular complexity index is 215. The number of furan rings is 1. The highest BCUT2D eigenvalue weighted by molar-refractivity contribution is 5.81. The zero-order chi connectivity index (χ0) is 6.69. The van der Waals surface area contributed by atoms with Gasteiger partial charge in [0.05, 0.1) is 11.8 Å². The van der Waals surface area contributed by atoms with Gasteiger partial charge in [-0.2, -0.15) is 0 Å². The van der Waals surface area contributed by atoms with Crippen molar-refractivity contribution >= 4 is 6.21 Å². The lowest BCUT2D eigenvalue weighted by Crippen LogP contribution is -1.73. The van der Waals surface area contributed by atoms with E-state index in [0.29, 0.717) is 5.56 Å². The monoisotopic (exact) mass is 125 g/mol. The smallest absolute Gasteiger partial charge is 0.290 e. The minimum absolute atomic E-state index is 0.0828. The molecule has 0 radical (unpaired) electrons. The lowest BCUT2D eigenvalue weighted by molar-refractivity contribution is 0.332. The van der Waals surface area contributed by atoms with E-state index in [2.05, 4.69) is 9.41 Å². The van der Waals surface area contributed by atoms with E-state index < -0.39 is 0 Å². The van der Waals surface area contributed by atoms with E-state index in [0.717, 1.165) is 0 Å². The van der Waals surface area contributed by atoms with Crippen LogP contribution in [0.5, 0.6) is 5.95 Å². The Kier molecular flexibility index (Phi) is 1.53. The zero-order valence-electron chi connectivity index (χ0n) is 5.03. The first-order chi connectivity index (χ1) is 4.34. The lowest BCUT2D eigenvalue weighted by Gasteiger charge is -1.81. The van der Waals surface area contributed by atoms with Gasteiger partial charge in [0, 0.05) is 13.3 Å². The molecule has 0 aromatic carbocycles. The molecule has 1 heterocycles. The van der Waals surface area contributed by atoms with Crippen molar-refractivity contribution in [2.75, 3.05) is 7.05 Å². The molecule has 1 aromatic rings. The Balaban J connectivity index is 2.94. The molecule has 3 heteroatoms. The van der Waals surface area contributed by atoms with E-state index in [1.165, 1.54) is 12.5 Å². The molecule has 0 fully saturated rings. The van der Waals surface area contributed by atoms with Gasteiger partial charge in [0.25, 0.3) is 5.95 Å². The Labute approximate surface area is 52.6 Å². The van der Waals surface area contributed by atoms with E-state index in [-0.39, 0.29) is 5.95 Å². The van der Waals surface area contributed by atoms with Crippen LogP contribution in [0.1, 0.15) is 5.56 Å². The first-order valence-corrected chi connectivity index (χ1v) is 2.53. The molecular formula is C6H7NO2. The van der Waals surface area contributed by atoms with Gasteiger partial charge < -0.3 is 9.52 Å². The van der Waals surface area contributed by atoms with E-state index in [9.17, 15) is 0 Å². The predicted octanol–water partition coefficient (Wildman–Crippen LogP) is 1.03. The summed E-state index contributed by atoms with van der Waals surface area (Å²) in [7, 11) is 1.63. The van der Waals surface area contributed by atoms with E-state index in [1.54, 1.807) is 13.1 Å². The molecule has 0 aliphatic carbocycles. The quantitative estimate of drug-likeness (QED) is 0.570. The predicted molar refractivity (Wildman–Crippen MR) is 33.9 cm³/mol. The minimum Gasteiger partial charge on any atom is -0.480 e. The maximum absolute atomic E-state index is 8.82. The molecule has 0 saturated heterocycles. The maximum atomic E-state index is 8.82. The van der Waals surface area contributed by atoms with Gasteiger partial charge in [-0.15, -0.1) is 0 Å². The van der Waals surface area contributed by atoms with Crippen molar-refractivity contribution in [3.05, 3.63) is 17.9 Å². The van der Waals surface area contributed by atoms with E-state index in [4.69, 9.17) is 5.11 Å². The molecule has 0 bridgehead atoms. The van der Waals surface area contributed by atoms with E-state index in [1.807, 2.05) is 0 Å². The van der Waals surface area contributed by atoms with Gasteiger partial charge in [-0.1, -0.05) is 0 Å². The Morgan fingerprint density at radius 2 is 2.56 bits per heavy atom. The van der Waals surface area contributed by atoms with Gasteiger partial charge in [0.1, 0.15) is 0 Å². The molecule has 0 spiro atoms. The van der Waals surface area contributed by atoms with Crippen molar-refractivity contribution in [1.29, 1.82) is 0 Å². The second kappa shape index (κ2) is 2.35. The van der Waals surface area contributed by atoms with Gasteiger partial charge >= 0.3 is 0 Å². The molecule has 0 aliphatic heterocycles. The summed E-state index contributed by atoms with van der Waals surface area (Å²) in [6.07, 6.45) is 2.94. The second-order valence-electron chi connectivity index (χ2n) is 1.57. The first-order valence-electron chi connectivity index (χ1n) is 2.53. The summed E-state index contributed by atoms with van der Waals surface area (Å²) in [5, 5.41) is 8.82. The minimum atomic E-state index is -0.0828. The Morgan fingerprint density at radius 1 is 1.78 bits per heavy atom. The van der Waals surface area contributed by atoms with Crippen LogP contribution in [-0.4, -0.2) is 18.4 Å². The van der Waals surface area contributed by atoms with Crippen molar-refractivity contribution in [2.45, 2.75) is 0 Å². The van der Waals surface area contributed by atoms with Crippen LogP contribution in [0.4, 0.5) is 0 Å². The molecule has 1 aromatic heterocycles. The third-order valence-corrected chi connectivity index (χ3v) is 0.942. The van der Waals surface area contributed by atoms with Gasteiger partial charge in [0.2, 0.25) is 0 Å². The number of nitrogens with zero attached hydrogens (tertiary/aromatic N) is 1. The third kappa shape index (κ3) is 1.10. The molecule has 48 valence electrons. The molecule has 0 unspecified atom stereocenters.